The van der Waals surface area contributed by atoms with Crippen LogP contribution in [0.15, 0.2) is 42.9 Å². The molecule has 0 bridgehead atoms. The molecule has 6 heteroatoms. The molecule has 1 aliphatic rings. The summed E-state index contributed by atoms with van der Waals surface area (Å²) in [7, 11) is 1.68. The van der Waals surface area contributed by atoms with Crippen LogP contribution in [-0.4, -0.2) is 45.5 Å². The van der Waals surface area contributed by atoms with Gasteiger partial charge < -0.3 is 4.74 Å². The molecule has 2 N–H and O–H groups in total. The average Bonchev–Trinajstić information content (AvgIpc) is 3.34. The number of H-pyrrole nitrogens is 2. The second-order valence-corrected chi connectivity index (χ2v) is 6.60. The minimum Gasteiger partial charge on any atom is -0.497 e. The summed E-state index contributed by atoms with van der Waals surface area (Å²) < 4.78 is 5.24. The molecule has 0 unspecified atom stereocenters. The van der Waals surface area contributed by atoms with Gasteiger partial charge in [-0.2, -0.15) is 10.2 Å². The first-order valence-electron chi connectivity index (χ1n) is 8.71. The lowest BCUT2D eigenvalue weighted by molar-refractivity contribution is 0.200. The summed E-state index contributed by atoms with van der Waals surface area (Å²) in [5.41, 5.74) is 4.77. The zero-order valence-electron chi connectivity index (χ0n) is 14.4. The molecule has 1 aliphatic heterocycles. The molecule has 0 saturated carbocycles. The van der Waals surface area contributed by atoms with E-state index in [1.54, 1.807) is 7.11 Å². The summed E-state index contributed by atoms with van der Waals surface area (Å²) in [5.74, 6) is 1.42. The van der Waals surface area contributed by atoms with Crippen molar-refractivity contribution in [1.29, 1.82) is 0 Å². The van der Waals surface area contributed by atoms with Crippen molar-refractivity contribution in [3.8, 4) is 17.0 Å². The van der Waals surface area contributed by atoms with Gasteiger partial charge in [0, 0.05) is 30.4 Å². The Hall–Kier alpha value is -2.60. The molecule has 0 aliphatic carbocycles. The van der Waals surface area contributed by atoms with Crippen LogP contribution in [0.1, 0.15) is 29.9 Å². The van der Waals surface area contributed by atoms with Gasteiger partial charge in [-0.25, -0.2) is 0 Å². The topological polar surface area (TPSA) is 69.8 Å². The summed E-state index contributed by atoms with van der Waals surface area (Å²) in [5, 5.41) is 14.5. The molecule has 6 nitrogen and oxygen atoms in total. The molecule has 2 aromatic heterocycles. The van der Waals surface area contributed by atoms with Crippen molar-refractivity contribution < 1.29 is 4.74 Å². The first kappa shape index (κ1) is 15.9. The van der Waals surface area contributed by atoms with E-state index in [9.17, 15) is 0 Å². The van der Waals surface area contributed by atoms with Crippen LogP contribution in [0, 0.1) is 0 Å². The first-order valence-corrected chi connectivity index (χ1v) is 8.71. The highest BCUT2D eigenvalue weighted by molar-refractivity contribution is 5.63. The summed E-state index contributed by atoms with van der Waals surface area (Å²) in [6.07, 6.45) is 8.36. The Labute approximate surface area is 147 Å². The van der Waals surface area contributed by atoms with Gasteiger partial charge in [0.05, 0.1) is 25.2 Å². The molecule has 1 fully saturated rings. The number of hydrogen-bond acceptors (Lipinski definition) is 4. The standard InChI is InChI=1S/C19H23N5O/c1-25-18-6-4-14(5-7-18)19-17(11-22-23-19)13-24-8-2-3-15(12-24)16-9-20-21-10-16/h4-7,9-11,15H,2-3,8,12-13H2,1H3,(H,20,21)(H,22,23)/t15-/m0/s1. The van der Waals surface area contributed by atoms with Crippen molar-refractivity contribution in [1.82, 2.24) is 25.3 Å². The first-order chi connectivity index (χ1) is 12.3. The number of rotatable bonds is 5. The van der Waals surface area contributed by atoms with Crippen molar-refractivity contribution in [2.24, 2.45) is 0 Å². The van der Waals surface area contributed by atoms with E-state index in [2.05, 4.69) is 37.4 Å². The van der Waals surface area contributed by atoms with E-state index in [0.29, 0.717) is 5.92 Å². The van der Waals surface area contributed by atoms with Gasteiger partial charge in [-0.1, -0.05) is 0 Å². The van der Waals surface area contributed by atoms with Gasteiger partial charge in [0.2, 0.25) is 0 Å². The van der Waals surface area contributed by atoms with Crippen LogP contribution in [0.4, 0.5) is 0 Å². The van der Waals surface area contributed by atoms with Crippen LogP contribution in [0.5, 0.6) is 5.75 Å². The Kier molecular flexibility index (Phi) is 4.52. The minimum absolute atomic E-state index is 0.559. The third-order valence-corrected chi connectivity index (χ3v) is 4.99. The van der Waals surface area contributed by atoms with Crippen LogP contribution >= 0.6 is 0 Å². The third-order valence-electron chi connectivity index (χ3n) is 4.99. The molecule has 0 spiro atoms. The van der Waals surface area contributed by atoms with Crippen LogP contribution in [0.3, 0.4) is 0 Å². The van der Waals surface area contributed by atoms with E-state index in [-0.39, 0.29) is 0 Å². The number of benzene rings is 1. The fourth-order valence-corrected chi connectivity index (χ4v) is 3.63. The smallest absolute Gasteiger partial charge is 0.118 e. The Bertz CT molecular complexity index is 794. The quantitative estimate of drug-likeness (QED) is 0.750. The number of aromatic amines is 2. The Morgan fingerprint density at radius 3 is 2.84 bits per heavy atom. The molecular formula is C19H23N5O. The fourth-order valence-electron chi connectivity index (χ4n) is 3.63. The molecule has 3 heterocycles. The number of likely N-dealkylation sites (tertiary alicyclic amines) is 1. The van der Waals surface area contributed by atoms with Gasteiger partial charge >= 0.3 is 0 Å². The van der Waals surface area contributed by atoms with Gasteiger partial charge in [0.15, 0.2) is 0 Å². The number of nitrogens with one attached hydrogen (secondary N) is 2. The summed E-state index contributed by atoms with van der Waals surface area (Å²) in [6.45, 7) is 3.10. The lowest BCUT2D eigenvalue weighted by Gasteiger charge is -2.32. The summed E-state index contributed by atoms with van der Waals surface area (Å²) in [6, 6.07) is 8.10. The zero-order valence-corrected chi connectivity index (χ0v) is 14.4. The summed E-state index contributed by atoms with van der Waals surface area (Å²) >= 11 is 0. The van der Waals surface area contributed by atoms with Crippen LogP contribution < -0.4 is 4.74 Å². The molecule has 0 radical (unpaired) electrons. The van der Waals surface area contributed by atoms with Crippen molar-refractivity contribution in [2.45, 2.75) is 25.3 Å². The number of nitrogens with zero attached hydrogens (tertiary/aromatic N) is 3. The minimum atomic E-state index is 0.559. The average molecular weight is 337 g/mol. The highest BCUT2D eigenvalue weighted by Gasteiger charge is 2.23. The second kappa shape index (κ2) is 7.11. The van der Waals surface area contributed by atoms with Crippen molar-refractivity contribution >= 4 is 0 Å². The monoisotopic (exact) mass is 337 g/mol. The molecule has 3 aromatic rings. The molecule has 1 saturated heterocycles. The van der Waals surface area contributed by atoms with E-state index in [4.69, 9.17) is 4.74 Å². The van der Waals surface area contributed by atoms with Gasteiger partial charge in [0.25, 0.3) is 0 Å². The number of ether oxygens (including phenoxy) is 1. The molecule has 1 aromatic carbocycles. The van der Waals surface area contributed by atoms with Crippen LogP contribution in [-0.2, 0) is 6.54 Å². The van der Waals surface area contributed by atoms with Crippen molar-refractivity contribution in [2.75, 3.05) is 20.2 Å². The van der Waals surface area contributed by atoms with Gasteiger partial charge in [-0.15, -0.1) is 0 Å². The molecule has 0 amide bonds. The van der Waals surface area contributed by atoms with Gasteiger partial charge in [-0.05, 0) is 55.1 Å². The van der Waals surface area contributed by atoms with Gasteiger partial charge in [0.1, 0.15) is 5.75 Å². The number of aromatic nitrogens is 4. The van der Waals surface area contributed by atoms with Gasteiger partial charge in [-0.3, -0.25) is 15.1 Å². The molecule has 130 valence electrons. The maximum atomic E-state index is 5.24. The largest absolute Gasteiger partial charge is 0.497 e. The van der Waals surface area contributed by atoms with E-state index in [0.717, 1.165) is 36.6 Å². The number of methoxy groups -OCH3 is 1. The van der Waals surface area contributed by atoms with E-state index in [1.807, 2.05) is 30.7 Å². The second-order valence-electron chi connectivity index (χ2n) is 6.60. The maximum Gasteiger partial charge on any atom is 0.118 e. The highest BCUT2D eigenvalue weighted by Crippen LogP contribution is 2.29. The van der Waals surface area contributed by atoms with E-state index < -0.39 is 0 Å². The molecule has 1 atom stereocenters. The predicted molar refractivity (Wildman–Crippen MR) is 96.4 cm³/mol. The number of piperidine rings is 1. The number of hydrogen-bond donors (Lipinski definition) is 2. The Morgan fingerprint density at radius 1 is 1.20 bits per heavy atom. The predicted octanol–water partition coefficient (Wildman–Crippen LogP) is 3.19. The maximum absolute atomic E-state index is 5.24. The Morgan fingerprint density at radius 2 is 2.08 bits per heavy atom. The molecule has 4 rings (SSSR count). The van der Waals surface area contributed by atoms with E-state index >= 15 is 0 Å². The SMILES string of the molecule is COc1ccc(-c2[nH]ncc2CN2CCC[C@H](c3cn[nH]c3)C2)cc1. The normalized spacial score (nSPS) is 18.4. The van der Waals surface area contributed by atoms with Crippen LogP contribution in [0.2, 0.25) is 0 Å². The lowest BCUT2D eigenvalue weighted by Crippen LogP contribution is -2.33. The summed E-state index contributed by atoms with van der Waals surface area (Å²) in [4.78, 5) is 2.51. The third kappa shape index (κ3) is 3.44. The van der Waals surface area contributed by atoms with E-state index in [1.165, 1.54) is 24.0 Å². The van der Waals surface area contributed by atoms with Crippen molar-refractivity contribution in [3.05, 3.63) is 54.0 Å². The zero-order chi connectivity index (χ0) is 17.1. The molecular weight excluding hydrogens is 314 g/mol. The molecule has 25 heavy (non-hydrogen) atoms. The fraction of sp³-hybridized carbons (Fsp3) is 0.368. The lowest BCUT2D eigenvalue weighted by atomic mass is 9.92. The van der Waals surface area contributed by atoms with Crippen LogP contribution in [0.25, 0.3) is 11.3 Å². The van der Waals surface area contributed by atoms with Crippen molar-refractivity contribution in [3.63, 3.8) is 0 Å². The highest BCUT2D eigenvalue weighted by atomic mass is 16.5. The Balaban J connectivity index is 1.48.